The van der Waals surface area contributed by atoms with Gasteiger partial charge in [0.2, 0.25) is 0 Å². The molecule has 0 bridgehead atoms. The summed E-state index contributed by atoms with van der Waals surface area (Å²) in [6, 6.07) is 3.56. The van der Waals surface area contributed by atoms with Crippen LogP contribution in [0.1, 0.15) is 10.4 Å². The molecule has 0 unspecified atom stereocenters. The molecule has 1 aromatic carbocycles. The van der Waals surface area contributed by atoms with Crippen LogP contribution in [0.15, 0.2) is 18.2 Å². The number of rotatable bonds is 1. The first-order valence-corrected chi connectivity index (χ1v) is 3.28. The van der Waals surface area contributed by atoms with Gasteiger partial charge in [-0.25, -0.2) is 9.18 Å². The van der Waals surface area contributed by atoms with Crippen molar-refractivity contribution < 1.29 is 13.9 Å². The zero-order chi connectivity index (χ0) is 9.14. The molecule has 0 aliphatic carbocycles. The van der Waals surface area contributed by atoms with Gasteiger partial charge in [-0.1, -0.05) is 11.5 Å². The fraction of sp³-hybridized carbons (Fsp3) is 0.125. The maximum Gasteiger partial charge on any atom is 0.337 e. The molecule has 0 spiro atoms. The highest BCUT2D eigenvalue weighted by Crippen LogP contribution is 2.02. The average molecular weight is 164 g/mol. The van der Waals surface area contributed by atoms with Crippen LogP contribution in [0, 0.1) is 5.82 Å². The van der Waals surface area contributed by atoms with E-state index in [0.29, 0.717) is 0 Å². The Hall–Kier alpha value is -1.32. The van der Waals surface area contributed by atoms with Crippen LogP contribution in [0.3, 0.4) is 0 Å². The standard InChI is InChI=1S/C8H6BFO2/c1-12-8(11)5-2-6(9)4-7(10)3-5/h2-4H,1H3. The maximum absolute atomic E-state index is 12.6. The van der Waals surface area contributed by atoms with Gasteiger partial charge in [0.1, 0.15) is 13.7 Å². The van der Waals surface area contributed by atoms with Gasteiger partial charge in [-0.2, -0.15) is 0 Å². The number of hydrogen-bond donors (Lipinski definition) is 0. The molecular formula is C8H6BFO2. The van der Waals surface area contributed by atoms with Crippen LogP contribution in [-0.4, -0.2) is 20.9 Å². The summed E-state index contributed by atoms with van der Waals surface area (Å²) < 4.78 is 17.0. The van der Waals surface area contributed by atoms with Crippen molar-refractivity contribution in [3.63, 3.8) is 0 Å². The number of carbonyl (C=O) groups is 1. The molecule has 1 aromatic rings. The molecule has 0 saturated heterocycles. The first-order chi connectivity index (χ1) is 5.63. The lowest BCUT2D eigenvalue weighted by atomic mass is 9.94. The highest BCUT2D eigenvalue weighted by Gasteiger charge is 2.06. The van der Waals surface area contributed by atoms with E-state index in [4.69, 9.17) is 7.85 Å². The number of methoxy groups -OCH3 is 1. The molecule has 4 heteroatoms. The lowest BCUT2D eigenvalue weighted by Gasteiger charge is -2.00. The van der Waals surface area contributed by atoms with E-state index in [1.165, 1.54) is 13.2 Å². The second kappa shape index (κ2) is 3.39. The predicted molar refractivity (Wildman–Crippen MR) is 43.1 cm³/mol. The van der Waals surface area contributed by atoms with Gasteiger partial charge in [-0.15, -0.1) is 0 Å². The third kappa shape index (κ3) is 1.84. The molecule has 2 radical (unpaired) electrons. The Morgan fingerprint density at radius 3 is 2.67 bits per heavy atom. The minimum Gasteiger partial charge on any atom is -0.465 e. The summed E-state index contributed by atoms with van der Waals surface area (Å²) in [4.78, 5) is 10.9. The highest BCUT2D eigenvalue weighted by atomic mass is 19.1. The maximum atomic E-state index is 12.6. The highest BCUT2D eigenvalue weighted by molar-refractivity contribution is 6.32. The third-order valence-corrected chi connectivity index (χ3v) is 1.34. The van der Waals surface area contributed by atoms with Crippen LogP contribution in [0.2, 0.25) is 0 Å². The number of benzene rings is 1. The summed E-state index contributed by atoms with van der Waals surface area (Å²) >= 11 is 0. The van der Waals surface area contributed by atoms with Gasteiger partial charge in [-0.05, 0) is 12.1 Å². The van der Waals surface area contributed by atoms with Crippen LogP contribution in [0.25, 0.3) is 0 Å². The number of esters is 1. The van der Waals surface area contributed by atoms with Crippen LogP contribution >= 0.6 is 0 Å². The molecular weight excluding hydrogens is 158 g/mol. The molecule has 12 heavy (non-hydrogen) atoms. The molecule has 60 valence electrons. The van der Waals surface area contributed by atoms with E-state index in [-0.39, 0.29) is 11.0 Å². The van der Waals surface area contributed by atoms with Crippen molar-refractivity contribution in [2.75, 3.05) is 7.11 Å². The largest absolute Gasteiger partial charge is 0.465 e. The van der Waals surface area contributed by atoms with Crippen LogP contribution in [0.4, 0.5) is 4.39 Å². The normalized spacial score (nSPS) is 9.50. The molecule has 1 rings (SSSR count). The number of carbonyl (C=O) groups excluding carboxylic acids is 1. The SMILES string of the molecule is [B]c1cc(F)cc(C(=O)OC)c1. The molecule has 0 amide bonds. The molecule has 0 heterocycles. The molecule has 0 N–H and O–H groups in total. The summed E-state index contributed by atoms with van der Waals surface area (Å²) in [6.07, 6.45) is 0. The molecule has 0 aliphatic rings. The second-order valence-corrected chi connectivity index (χ2v) is 2.26. The van der Waals surface area contributed by atoms with E-state index in [0.717, 1.165) is 12.1 Å². The smallest absolute Gasteiger partial charge is 0.337 e. The van der Waals surface area contributed by atoms with Gasteiger partial charge < -0.3 is 4.74 Å². The second-order valence-electron chi connectivity index (χ2n) is 2.26. The van der Waals surface area contributed by atoms with Gasteiger partial charge >= 0.3 is 5.97 Å². The van der Waals surface area contributed by atoms with Crippen molar-refractivity contribution in [1.82, 2.24) is 0 Å². The average Bonchev–Trinajstić information content (AvgIpc) is 2.01. The van der Waals surface area contributed by atoms with Crippen molar-refractivity contribution >= 4 is 19.3 Å². The van der Waals surface area contributed by atoms with Crippen LogP contribution in [-0.2, 0) is 4.74 Å². The third-order valence-electron chi connectivity index (χ3n) is 1.34. The van der Waals surface area contributed by atoms with E-state index in [1.807, 2.05) is 0 Å². The Balaban J connectivity index is 3.08. The van der Waals surface area contributed by atoms with Crippen LogP contribution < -0.4 is 5.46 Å². The lowest BCUT2D eigenvalue weighted by molar-refractivity contribution is 0.0600. The van der Waals surface area contributed by atoms with E-state index >= 15 is 0 Å². The Kier molecular flexibility index (Phi) is 2.48. The molecule has 2 nitrogen and oxygen atoms in total. The summed E-state index contributed by atoms with van der Waals surface area (Å²) in [6.45, 7) is 0. The fourth-order valence-corrected chi connectivity index (χ4v) is 0.848. The number of ether oxygens (including phenoxy) is 1. The zero-order valence-electron chi connectivity index (χ0n) is 6.50. The van der Waals surface area contributed by atoms with Gasteiger partial charge in [-0.3, -0.25) is 0 Å². The molecule has 0 aliphatic heterocycles. The number of hydrogen-bond acceptors (Lipinski definition) is 2. The quantitative estimate of drug-likeness (QED) is 0.443. The Morgan fingerprint density at radius 2 is 2.17 bits per heavy atom. The molecule has 0 aromatic heterocycles. The topological polar surface area (TPSA) is 26.3 Å². The van der Waals surface area contributed by atoms with Crippen molar-refractivity contribution in [3.05, 3.63) is 29.6 Å². The minimum atomic E-state index is -0.596. The minimum absolute atomic E-state index is 0.120. The Morgan fingerprint density at radius 1 is 1.50 bits per heavy atom. The Labute approximate surface area is 70.8 Å². The van der Waals surface area contributed by atoms with Crippen molar-refractivity contribution in [2.24, 2.45) is 0 Å². The first kappa shape index (κ1) is 8.78. The zero-order valence-corrected chi connectivity index (χ0v) is 6.50. The lowest BCUT2D eigenvalue weighted by Crippen LogP contribution is -2.09. The van der Waals surface area contributed by atoms with Gasteiger partial charge in [0, 0.05) is 0 Å². The van der Waals surface area contributed by atoms with Crippen LogP contribution in [0.5, 0.6) is 0 Å². The predicted octanol–water partition coefficient (Wildman–Crippen LogP) is 0.406. The summed E-state index contributed by atoms with van der Waals surface area (Å²) in [5.74, 6) is -1.14. The molecule has 0 fully saturated rings. The van der Waals surface area contributed by atoms with Crippen molar-refractivity contribution in [2.45, 2.75) is 0 Å². The van der Waals surface area contributed by atoms with Gasteiger partial charge in [0.05, 0.1) is 12.7 Å². The molecule has 0 atom stereocenters. The monoisotopic (exact) mass is 164 g/mol. The van der Waals surface area contributed by atoms with Gasteiger partial charge in [0.15, 0.2) is 0 Å². The van der Waals surface area contributed by atoms with Crippen molar-refractivity contribution in [1.29, 1.82) is 0 Å². The molecule has 0 saturated carbocycles. The van der Waals surface area contributed by atoms with Gasteiger partial charge in [0.25, 0.3) is 0 Å². The number of halogens is 1. The van der Waals surface area contributed by atoms with E-state index in [9.17, 15) is 9.18 Å². The summed E-state index contributed by atoms with van der Waals surface area (Å²) in [5.41, 5.74) is 0.324. The Bertz CT molecular complexity index is 292. The van der Waals surface area contributed by atoms with E-state index in [1.54, 1.807) is 0 Å². The fourth-order valence-electron chi connectivity index (χ4n) is 0.848. The van der Waals surface area contributed by atoms with Crippen molar-refractivity contribution in [3.8, 4) is 0 Å². The first-order valence-electron chi connectivity index (χ1n) is 3.28. The summed E-state index contributed by atoms with van der Waals surface area (Å²) in [5, 5.41) is 0. The van der Waals surface area contributed by atoms with E-state index < -0.39 is 11.8 Å². The summed E-state index contributed by atoms with van der Waals surface area (Å²) in [7, 11) is 6.53. The van der Waals surface area contributed by atoms with E-state index in [2.05, 4.69) is 4.74 Å².